The summed E-state index contributed by atoms with van der Waals surface area (Å²) < 4.78 is 50.3. The zero-order valence-corrected chi connectivity index (χ0v) is 8.88. The van der Waals surface area contributed by atoms with Crippen LogP contribution < -0.4 is 11.2 Å². The number of aryl methyl sites for hydroxylation is 1. The number of alkyl halides is 3. The van der Waals surface area contributed by atoms with E-state index in [1.54, 1.807) is 0 Å². The zero-order chi connectivity index (χ0) is 13.4. The zero-order valence-electron chi connectivity index (χ0n) is 8.88. The first-order valence-electron chi connectivity index (χ1n) is 4.35. The Balaban J connectivity index is 3.50. The number of aromatic nitrogens is 2. The average Bonchev–Trinajstić information content (AvgIpc) is 2.17. The molecule has 94 valence electrons. The first kappa shape index (κ1) is 13.2. The Hall–Kier alpha value is -1.86. The Morgan fingerprint density at radius 3 is 2.29 bits per heavy atom. The summed E-state index contributed by atoms with van der Waals surface area (Å²) >= 11 is 0. The minimum atomic E-state index is -4.87. The normalized spacial score (nSPS) is 12.9. The van der Waals surface area contributed by atoms with Crippen LogP contribution in [-0.2, 0) is 14.1 Å². The molecule has 0 aliphatic rings. The van der Waals surface area contributed by atoms with Crippen LogP contribution in [0.3, 0.4) is 0 Å². The monoisotopic (exact) mass is 252 g/mol. The molecule has 0 aliphatic carbocycles. The summed E-state index contributed by atoms with van der Waals surface area (Å²) in [5, 5.41) is 0. The third-order valence-corrected chi connectivity index (χ3v) is 1.99. The van der Waals surface area contributed by atoms with Crippen LogP contribution in [0.2, 0.25) is 0 Å². The van der Waals surface area contributed by atoms with Crippen LogP contribution in [0.4, 0.5) is 17.6 Å². The molecular weight excluding hydrogens is 244 g/mol. The molecule has 17 heavy (non-hydrogen) atoms. The van der Waals surface area contributed by atoms with Crippen molar-refractivity contribution in [2.45, 2.75) is 6.18 Å². The van der Waals surface area contributed by atoms with Gasteiger partial charge in [0.05, 0.1) is 11.6 Å². The van der Waals surface area contributed by atoms with E-state index in [9.17, 15) is 27.2 Å². The van der Waals surface area contributed by atoms with Gasteiger partial charge in [-0.25, -0.2) is 9.18 Å². The standard InChI is InChI=1S/C9H8F4N2O2/c1-14-4-5(6(10)3-9(11,12)13)7(16)15(2)8(14)17/h3-4H,1-2H3/b6-3-. The van der Waals surface area contributed by atoms with Crippen LogP contribution in [-0.4, -0.2) is 15.3 Å². The van der Waals surface area contributed by atoms with Gasteiger partial charge in [-0.3, -0.25) is 9.36 Å². The Kier molecular flexibility index (Phi) is 3.25. The van der Waals surface area contributed by atoms with Crippen molar-refractivity contribution >= 4 is 5.83 Å². The van der Waals surface area contributed by atoms with Crippen molar-refractivity contribution < 1.29 is 17.6 Å². The van der Waals surface area contributed by atoms with E-state index in [2.05, 4.69) is 0 Å². The van der Waals surface area contributed by atoms with Gasteiger partial charge < -0.3 is 4.57 Å². The molecule has 0 radical (unpaired) electrons. The molecule has 0 atom stereocenters. The number of nitrogens with zero attached hydrogens (tertiary/aromatic N) is 2. The molecule has 0 bridgehead atoms. The minimum absolute atomic E-state index is 0.527. The lowest BCUT2D eigenvalue weighted by molar-refractivity contribution is -0.0798. The van der Waals surface area contributed by atoms with Crippen LogP contribution >= 0.6 is 0 Å². The molecule has 0 saturated heterocycles. The maximum atomic E-state index is 13.2. The third-order valence-electron chi connectivity index (χ3n) is 1.99. The van der Waals surface area contributed by atoms with E-state index < -0.39 is 34.9 Å². The summed E-state index contributed by atoms with van der Waals surface area (Å²) in [6.07, 6.45) is -4.78. The predicted octanol–water partition coefficient (Wildman–Crippen LogP) is 0.957. The topological polar surface area (TPSA) is 44.0 Å². The van der Waals surface area contributed by atoms with Crippen molar-refractivity contribution in [2.75, 3.05) is 0 Å². The molecule has 1 aromatic heterocycles. The molecule has 1 heterocycles. The van der Waals surface area contributed by atoms with Gasteiger partial charge in [-0.05, 0) is 0 Å². The fraction of sp³-hybridized carbons (Fsp3) is 0.333. The van der Waals surface area contributed by atoms with Gasteiger partial charge in [0, 0.05) is 20.3 Å². The lowest BCUT2D eigenvalue weighted by Crippen LogP contribution is -2.38. The number of allylic oxidation sites excluding steroid dienone is 1. The van der Waals surface area contributed by atoms with Gasteiger partial charge in [0.1, 0.15) is 5.83 Å². The fourth-order valence-corrected chi connectivity index (χ4v) is 1.19. The van der Waals surface area contributed by atoms with E-state index in [1.807, 2.05) is 0 Å². The first-order valence-corrected chi connectivity index (χ1v) is 4.35. The summed E-state index contributed by atoms with van der Waals surface area (Å²) in [6.45, 7) is 0. The van der Waals surface area contributed by atoms with Crippen LogP contribution in [0.25, 0.3) is 5.83 Å². The van der Waals surface area contributed by atoms with Crippen molar-refractivity contribution in [3.05, 3.63) is 38.7 Å². The summed E-state index contributed by atoms with van der Waals surface area (Å²) in [5.74, 6) is -1.73. The molecular formula is C9H8F4N2O2. The number of halogens is 4. The lowest BCUT2D eigenvalue weighted by Gasteiger charge is -2.05. The molecule has 4 nitrogen and oxygen atoms in total. The fourth-order valence-electron chi connectivity index (χ4n) is 1.19. The summed E-state index contributed by atoms with van der Waals surface area (Å²) in [6, 6.07) is 0. The Morgan fingerprint density at radius 1 is 1.29 bits per heavy atom. The first-order chi connectivity index (χ1) is 7.63. The average molecular weight is 252 g/mol. The molecule has 0 fully saturated rings. The molecule has 1 aromatic rings. The predicted molar refractivity (Wildman–Crippen MR) is 52.1 cm³/mol. The minimum Gasteiger partial charge on any atom is -0.303 e. The Labute approximate surface area is 92.4 Å². The van der Waals surface area contributed by atoms with Gasteiger partial charge >= 0.3 is 11.9 Å². The quantitative estimate of drug-likeness (QED) is 0.699. The third kappa shape index (κ3) is 2.83. The molecule has 0 unspecified atom stereocenters. The van der Waals surface area contributed by atoms with Crippen LogP contribution in [0.5, 0.6) is 0 Å². The van der Waals surface area contributed by atoms with Crippen molar-refractivity contribution in [2.24, 2.45) is 14.1 Å². The maximum absolute atomic E-state index is 13.2. The largest absolute Gasteiger partial charge is 0.412 e. The van der Waals surface area contributed by atoms with Gasteiger partial charge in [-0.2, -0.15) is 13.2 Å². The molecule has 1 rings (SSSR count). The van der Waals surface area contributed by atoms with Crippen molar-refractivity contribution in [3.8, 4) is 0 Å². The van der Waals surface area contributed by atoms with E-state index >= 15 is 0 Å². The van der Waals surface area contributed by atoms with E-state index in [4.69, 9.17) is 0 Å². The maximum Gasteiger partial charge on any atom is 0.412 e. The number of hydrogen-bond donors (Lipinski definition) is 0. The highest BCUT2D eigenvalue weighted by Gasteiger charge is 2.26. The second-order valence-corrected chi connectivity index (χ2v) is 3.33. The SMILES string of the molecule is Cn1cc(/C(F)=C/C(F)(F)F)c(=O)n(C)c1=O. The van der Waals surface area contributed by atoms with Gasteiger partial charge in [0.15, 0.2) is 0 Å². The smallest absolute Gasteiger partial charge is 0.303 e. The van der Waals surface area contributed by atoms with E-state index in [-0.39, 0.29) is 0 Å². The Morgan fingerprint density at radius 2 is 1.82 bits per heavy atom. The van der Waals surface area contributed by atoms with Crippen molar-refractivity contribution in [3.63, 3.8) is 0 Å². The lowest BCUT2D eigenvalue weighted by atomic mass is 10.2. The molecule has 0 aliphatic heterocycles. The van der Waals surface area contributed by atoms with Crippen molar-refractivity contribution in [1.29, 1.82) is 0 Å². The van der Waals surface area contributed by atoms with E-state index in [0.717, 1.165) is 17.8 Å². The number of rotatable bonds is 1. The van der Waals surface area contributed by atoms with Gasteiger partial charge in [0.25, 0.3) is 5.56 Å². The van der Waals surface area contributed by atoms with Gasteiger partial charge in [-0.15, -0.1) is 0 Å². The molecule has 0 amide bonds. The Bertz CT molecular complexity index is 580. The van der Waals surface area contributed by atoms with Gasteiger partial charge in [0.2, 0.25) is 0 Å². The second-order valence-electron chi connectivity index (χ2n) is 3.33. The van der Waals surface area contributed by atoms with E-state index in [0.29, 0.717) is 4.57 Å². The molecule has 0 N–H and O–H groups in total. The summed E-state index contributed by atoms with van der Waals surface area (Å²) in [5.41, 5.74) is -2.68. The van der Waals surface area contributed by atoms with Gasteiger partial charge in [-0.1, -0.05) is 0 Å². The molecule has 0 spiro atoms. The molecule has 0 saturated carbocycles. The van der Waals surface area contributed by atoms with Crippen LogP contribution in [0.1, 0.15) is 5.56 Å². The highest BCUT2D eigenvalue weighted by Crippen LogP contribution is 2.22. The van der Waals surface area contributed by atoms with Crippen molar-refractivity contribution in [1.82, 2.24) is 9.13 Å². The van der Waals surface area contributed by atoms with Crippen LogP contribution in [0.15, 0.2) is 21.9 Å². The summed E-state index contributed by atoms with van der Waals surface area (Å²) in [4.78, 5) is 22.6. The highest BCUT2D eigenvalue weighted by atomic mass is 19.4. The number of hydrogen-bond acceptors (Lipinski definition) is 2. The highest BCUT2D eigenvalue weighted by molar-refractivity contribution is 5.57. The van der Waals surface area contributed by atoms with Crippen LogP contribution in [0, 0.1) is 0 Å². The van der Waals surface area contributed by atoms with E-state index in [1.165, 1.54) is 7.05 Å². The molecule has 8 heteroatoms. The summed E-state index contributed by atoms with van der Waals surface area (Å²) in [7, 11) is 2.25. The second kappa shape index (κ2) is 4.19. The molecule has 0 aromatic carbocycles.